The summed E-state index contributed by atoms with van der Waals surface area (Å²) in [4.78, 5) is 0. The van der Waals surface area contributed by atoms with Gasteiger partial charge >= 0.3 is 0 Å². The van der Waals surface area contributed by atoms with E-state index in [0.29, 0.717) is 12.0 Å². The molecule has 2 heteroatoms. The Morgan fingerprint density at radius 3 is 2.25 bits per heavy atom. The number of rotatable bonds is 6. The average Bonchev–Trinajstić information content (AvgIpc) is 2.29. The van der Waals surface area contributed by atoms with Crippen molar-refractivity contribution in [2.45, 2.75) is 32.9 Å². The molecule has 0 aliphatic heterocycles. The summed E-state index contributed by atoms with van der Waals surface area (Å²) in [5, 5.41) is 3.36. The second kappa shape index (κ2) is 6.66. The molecule has 90 valence electrons. The first-order chi connectivity index (χ1) is 7.70. The number of benzene rings is 1. The van der Waals surface area contributed by atoms with Gasteiger partial charge in [-0.2, -0.15) is 0 Å². The molecule has 1 rings (SSSR count). The molecule has 0 bridgehead atoms. The van der Waals surface area contributed by atoms with Crippen LogP contribution >= 0.6 is 0 Å². The number of nitrogens with one attached hydrogen (secondary N) is 1. The van der Waals surface area contributed by atoms with Crippen LogP contribution in [0.3, 0.4) is 0 Å². The maximum Gasteiger partial charge on any atom is 0.0980 e. The van der Waals surface area contributed by atoms with E-state index in [9.17, 15) is 0 Å². The quantitative estimate of drug-likeness (QED) is 0.797. The smallest absolute Gasteiger partial charge is 0.0980 e. The largest absolute Gasteiger partial charge is 0.372 e. The van der Waals surface area contributed by atoms with Crippen molar-refractivity contribution < 1.29 is 4.74 Å². The zero-order chi connectivity index (χ0) is 12.0. The fourth-order valence-electron chi connectivity index (χ4n) is 2.06. The topological polar surface area (TPSA) is 21.3 Å². The molecule has 1 aromatic carbocycles. The van der Waals surface area contributed by atoms with E-state index in [-0.39, 0.29) is 6.10 Å². The molecule has 0 heterocycles. The van der Waals surface area contributed by atoms with Gasteiger partial charge in [0, 0.05) is 12.6 Å². The summed E-state index contributed by atoms with van der Waals surface area (Å²) in [6, 6.07) is 10.8. The highest BCUT2D eigenvalue weighted by Gasteiger charge is 2.24. The first-order valence-electron chi connectivity index (χ1n) is 6.04. The van der Waals surface area contributed by atoms with Gasteiger partial charge in [0.1, 0.15) is 0 Å². The highest BCUT2D eigenvalue weighted by Crippen LogP contribution is 2.25. The number of hydrogen-bond acceptors (Lipinski definition) is 2. The van der Waals surface area contributed by atoms with Gasteiger partial charge in [0.2, 0.25) is 0 Å². The Hall–Kier alpha value is -0.860. The van der Waals surface area contributed by atoms with Crippen LogP contribution in [0.15, 0.2) is 30.3 Å². The van der Waals surface area contributed by atoms with E-state index in [2.05, 4.69) is 43.4 Å². The van der Waals surface area contributed by atoms with E-state index in [1.165, 1.54) is 5.56 Å². The second-order valence-corrected chi connectivity index (χ2v) is 4.35. The zero-order valence-electron chi connectivity index (χ0n) is 10.7. The van der Waals surface area contributed by atoms with Gasteiger partial charge < -0.3 is 10.1 Å². The van der Waals surface area contributed by atoms with Crippen molar-refractivity contribution >= 4 is 0 Å². The minimum atomic E-state index is 0.135. The van der Waals surface area contributed by atoms with Gasteiger partial charge in [-0.25, -0.2) is 0 Å². The summed E-state index contributed by atoms with van der Waals surface area (Å²) >= 11 is 0. The summed E-state index contributed by atoms with van der Waals surface area (Å²) in [5.74, 6) is 0.543. The van der Waals surface area contributed by atoms with Crippen LogP contribution in [0.2, 0.25) is 0 Å². The van der Waals surface area contributed by atoms with Gasteiger partial charge in [-0.05, 0) is 25.5 Å². The third-order valence-corrected chi connectivity index (χ3v) is 2.85. The Kier molecular flexibility index (Phi) is 5.50. The Morgan fingerprint density at radius 1 is 1.19 bits per heavy atom. The minimum Gasteiger partial charge on any atom is -0.372 e. The summed E-state index contributed by atoms with van der Waals surface area (Å²) in [7, 11) is 2.00. The van der Waals surface area contributed by atoms with Gasteiger partial charge in [-0.3, -0.25) is 0 Å². The van der Waals surface area contributed by atoms with Gasteiger partial charge in [0.05, 0.1) is 6.10 Å². The second-order valence-electron chi connectivity index (χ2n) is 4.35. The average molecular weight is 221 g/mol. The highest BCUT2D eigenvalue weighted by molar-refractivity contribution is 5.19. The molecule has 0 aromatic heterocycles. The molecule has 2 atom stereocenters. The van der Waals surface area contributed by atoms with Crippen molar-refractivity contribution in [2.24, 2.45) is 5.92 Å². The Balaban J connectivity index is 2.89. The molecule has 16 heavy (non-hydrogen) atoms. The monoisotopic (exact) mass is 221 g/mol. The molecule has 0 aliphatic carbocycles. The van der Waals surface area contributed by atoms with Crippen molar-refractivity contribution in [3.8, 4) is 0 Å². The van der Waals surface area contributed by atoms with Crippen molar-refractivity contribution in [1.82, 2.24) is 5.32 Å². The SMILES string of the molecule is CCOC(c1ccccc1)C(NC)C(C)C. The molecule has 1 N–H and O–H groups in total. The fraction of sp³-hybridized carbons (Fsp3) is 0.571. The summed E-state index contributed by atoms with van der Waals surface area (Å²) < 4.78 is 5.88. The standard InChI is InChI=1S/C14H23NO/c1-5-16-14(13(15-4)11(2)3)12-9-7-6-8-10-12/h6-11,13-15H,5H2,1-4H3. The lowest BCUT2D eigenvalue weighted by molar-refractivity contribution is 0.0227. The Bertz CT molecular complexity index is 284. The maximum atomic E-state index is 5.88. The van der Waals surface area contributed by atoms with Crippen molar-refractivity contribution in [1.29, 1.82) is 0 Å². The molecule has 1 aromatic rings. The molecule has 2 nitrogen and oxygen atoms in total. The molecule has 0 fully saturated rings. The number of likely N-dealkylation sites (N-methyl/N-ethyl adjacent to an activating group) is 1. The van der Waals surface area contributed by atoms with Gasteiger partial charge in [0.15, 0.2) is 0 Å². The zero-order valence-corrected chi connectivity index (χ0v) is 10.7. The molecular weight excluding hydrogens is 198 g/mol. The molecular formula is C14H23NO. The first-order valence-corrected chi connectivity index (χ1v) is 6.04. The van der Waals surface area contributed by atoms with Crippen molar-refractivity contribution in [3.63, 3.8) is 0 Å². The van der Waals surface area contributed by atoms with E-state index >= 15 is 0 Å². The van der Waals surface area contributed by atoms with Gasteiger partial charge in [-0.15, -0.1) is 0 Å². The van der Waals surface area contributed by atoms with Gasteiger partial charge in [-0.1, -0.05) is 44.2 Å². The lowest BCUT2D eigenvalue weighted by Crippen LogP contribution is -2.38. The Labute approximate surface area is 99.0 Å². The lowest BCUT2D eigenvalue weighted by Gasteiger charge is -2.30. The van der Waals surface area contributed by atoms with Crippen molar-refractivity contribution in [3.05, 3.63) is 35.9 Å². The van der Waals surface area contributed by atoms with E-state index in [4.69, 9.17) is 4.74 Å². The van der Waals surface area contributed by atoms with Gasteiger partial charge in [0.25, 0.3) is 0 Å². The number of ether oxygens (including phenoxy) is 1. The minimum absolute atomic E-state index is 0.135. The first kappa shape index (κ1) is 13.2. The molecule has 0 saturated heterocycles. The predicted molar refractivity (Wildman–Crippen MR) is 68.5 cm³/mol. The highest BCUT2D eigenvalue weighted by atomic mass is 16.5. The molecule has 0 saturated carbocycles. The summed E-state index contributed by atoms with van der Waals surface area (Å²) in [5.41, 5.74) is 1.25. The van der Waals surface area contributed by atoms with Crippen LogP contribution in [0.25, 0.3) is 0 Å². The third kappa shape index (κ3) is 3.32. The Morgan fingerprint density at radius 2 is 1.81 bits per heavy atom. The molecule has 0 radical (unpaired) electrons. The van der Waals surface area contributed by atoms with Crippen LogP contribution in [0.1, 0.15) is 32.4 Å². The summed E-state index contributed by atoms with van der Waals surface area (Å²) in [6.07, 6.45) is 0.135. The molecule has 0 aliphatic rings. The summed E-state index contributed by atoms with van der Waals surface area (Å²) in [6.45, 7) is 7.22. The molecule has 0 amide bonds. The lowest BCUT2D eigenvalue weighted by atomic mass is 9.93. The van der Waals surface area contributed by atoms with E-state index in [1.807, 2.05) is 20.0 Å². The van der Waals surface area contributed by atoms with Crippen molar-refractivity contribution in [2.75, 3.05) is 13.7 Å². The molecule has 2 unspecified atom stereocenters. The van der Waals surface area contributed by atoms with Crippen LogP contribution in [0.4, 0.5) is 0 Å². The molecule has 0 spiro atoms. The van der Waals surface area contributed by atoms with E-state index in [1.54, 1.807) is 0 Å². The maximum absolute atomic E-state index is 5.88. The fourth-order valence-corrected chi connectivity index (χ4v) is 2.06. The van der Waals surface area contributed by atoms with E-state index in [0.717, 1.165) is 6.61 Å². The van der Waals surface area contributed by atoms with Crippen LogP contribution < -0.4 is 5.32 Å². The van der Waals surface area contributed by atoms with Crippen LogP contribution in [-0.2, 0) is 4.74 Å². The van der Waals surface area contributed by atoms with Crippen LogP contribution in [0, 0.1) is 5.92 Å². The normalized spacial score (nSPS) is 15.1. The number of hydrogen-bond donors (Lipinski definition) is 1. The van der Waals surface area contributed by atoms with E-state index < -0.39 is 0 Å². The van der Waals surface area contributed by atoms with Crippen LogP contribution in [0.5, 0.6) is 0 Å². The predicted octanol–water partition coefficient (Wildman–Crippen LogP) is 3.01. The van der Waals surface area contributed by atoms with Crippen LogP contribution in [-0.4, -0.2) is 19.7 Å². The third-order valence-electron chi connectivity index (χ3n) is 2.85.